The van der Waals surface area contributed by atoms with E-state index in [-0.39, 0.29) is 17.5 Å². The van der Waals surface area contributed by atoms with E-state index < -0.39 is 5.54 Å². The minimum absolute atomic E-state index is 0.0913. The van der Waals surface area contributed by atoms with Crippen LogP contribution in [0.25, 0.3) is 0 Å². The highest BCUT2D eigenvalue weighted by Gasteiger charge is 2.26. The highest BCUT2D eigenvalue weighted by Crippen LogP contribution is 2.17. The standard InChI is InChI=1S/C12H17N3O3/c1-7-6-8(4-5-9(7)16)10(17)14-12(2,3)11(13)15-18/h4-6,16,18H,1-3H3,(H2,13,15)(H,14,17). The smallest absolute Gasteiger partial charge is 0.252 e. The topological polar surface area (TPSA) is 108 Å². The lowest BCUT2D eigenvalue weighted by atomic mass is 10.0. The summed E-state index contributed by atoms with van der Waals surface area (Å²) in [4.78, 5) is 12.0. The first-order valence-electron chi connectivity index (χ1n) is 5.38. The van der Waals surface area contributed by atoms with E-state index in [0.717, 1.165) is 0 Å². The van der Waals surface area contributed by atoms with Crippen LogP contribution in [0.4, 0.5) is 0 Å². The molecule has 0 saturated heterocycles. The number of nitrogens with zero attached hydrogens (tertiary/aromatic N) is 1. The Morgan fingerprint density at radius 2 is 2.06 bits per heavy atom. The van der Waals surface area contributed by atoms with Crippen molar-refractivity contribution < 1.29 is 15.1 Å². The van der Waals surface area contributed by atoms with Gasteiger partial charge in [0.15, 0.2) is 5.84 Å². The van der Waals surface area contributed by atoms with Gasteiger partial charge in [-0.2, -0.15) is 0 Å². The minimum Gasteiger partial charge on any atom is -0.508 e. The average Bonchev–Trinajstić information content (AvgIpc) is 2.30. The molecule has 0 spiro atoms. The maximum absolute atomic E-state index is 12.0. The first-order valence-corrected chi connectivity index (χ1v) is 5.38. The van der Waals surface area contributed by atoms with Crippen LogP contribution in [0, 0.1) is 6.92 Å². The fraction of sp³-hybridized carbons (Fsp3) is 0.333. The van der Waals surface area contributed by atoms with E-state index in [1.54, 1.807) is 26.8 Å². The SMILES string of the molecule is Cc1cc(C(=O)NC(C)(C)/C(N)=N/O)ccc1O. The molecular formula is C12H17N3O3. The van der Waals surface area contributed by atoms with Gasteiger partial charge in [-0.05, 0) is 44.5 Å². The van der Waals surface area contributed by atoms with Crippen molar-refractivity contribution in [2.24, 2.45) is 10.9 Å². The van der Waals surface area contributed by atoms with Gasteiger partial charge in [0, 0.05) is 5.56 Å². The van der Waals surface area contributed by atoms with Crippen molar-refractivity contribution in [3.63, 3.8) is 0 Å². The number of phenolic OH excluding ortho intramolecular Hbond substituents is 1. The van der Waals surface area contributed by atoms with Crippen LogP contribution in [0.2, 0.25) is 0 Å². The molecule has 0 bridgehead atoms. The molecule has 0 unspecified atom stereocenters. The molecule has 0 radical (unpaired) electrons. The lowest BCUT2D eigenvalue weighted by Gasteiger charge is -2.24. The van der Waals surface area contributed by atoms with E-state index >= 15 is 0 Å². The Labute approximate surface area is 105 Å². The number of aryl methyl sites for hydroxylation is 1. The van der Waals surface area contributed by atoms with Gasteiger partial charge in [-0.1, -0.05) is 5.16 Å². The van der Waals surface area contributed by atoms with Crippen molar-refractivity contribution in [2.75, 3.05) is 0 Å². The minimum atomic E-state index is -0.961. The van der Waals surface area contributed by atoms with Gasteiger partial charge < -0.3 is 21.4 Å². The number of carbonyl (C=O) groups is 1. The molecule has 18 heavy (non-hydrogen) atoms. The lowest BCUT2D eigenvalue weighted by Crippen LogP contribution is -2.53. The van der Waals surface area contributed by atoms with Gasteiger partial charge in [-0.15, -0.1) is 0 Å². The summed E-state index contributed by atoms with van der Waals surface area (Å²) < 4.78 is 0. The number of nitrogens with one attached hydrogen (secondary N) is 1. The van der Waals surface area contributed by atoms with Gasteiger partial charge in [0.05, 0.1) is 5.54 Å². The Hall–Kier alpha value is -2.24. The number of aromatic hydroxyl groups is 1. The van der Waals surface area contributed by atoms with Crippen LogP contribution in [0.1, 0.15) is 29.8 Å². The van der Waals surface area contributed by atoms with Crippen molar-refractivity contribution in [2.45, 2.75) is 26.3 Å². The molecule has 0 aliphatic rings. The third-order valence-corrected chi connectivity index (χ3v) is 2.63. The second-order valence-corrected chi connectivity index (χ2v) is 4.57. The Morgan fingerprint density at radius 1 is 1.44 bits per heavy atom. The zero-order chi connectivity index (χ0) is 13.9. The molecule has 0 aromatic heterocycles. The molecule has 5 N–H and O–H groups in total. The Bertz CT molecular complexity index is 495. The van der Waals surface area contributed by atoms with Gasteiger partial charge in [0.25, 0.3) is 5.91 Å². The van der Waals surface area contributed by atoms with Gasteiger partial charge >= 0.3 is 0 Å². The molecule has 1 amide bonds. The first kappa shape index (κ1) is 13.8. The van der Waals surface area contributed by atoms with Crippen molar-refractivity contribution in [3.8, 4) is 5.75 Å². The Morgan fingerprint density at radius 3 is 2.56 bits per heavy atom. The summed E-state index contributed by atoms with van der Waals surface area (Å²) >= 11 is 0. The van der Waals surface area contributed by atoms with Crippen molar-refractivity contribution >= 4 is 11.7 Å². The van der Waals surface area contributed by atoms with E-state index in [1.165, 1.54) is 12.1 Å². The van der Waals surface area contributed by atoms with Crippen LogP contribution in [-0.4, -0.2) is 27.6 Å². The lowest BCUT2D eigenvalue weighted by molar-refractivity contribution is 0.0930. The molecule has 1 aromatic rings. The number of oxime groups is 1. The van der Waals surface area contributed by atoms with Gasteiger partial charge in [-0.3, -0.25) is 4.79 Å². The van der Waals surface area contributed by atoms with E-state index in [4.69, 9.17) is 10.9 Å². The summed E-state index contributed by atoms with van der Waals surface area (Å²) in [6.45, 7) is 4.93. The summed E-state index contributed by atoms with van der Waals surface area (Å²) in [7, 11) is 0. The van der Waals surface area contributed by atoms with Crippen LogP contribution >= 0.6 is 0 Å². The predicted molar refractivity (Wildman–Crippen MR) is 67.8 cm³/mol. The van der Waals surface area contributed by atoms with Crippen LogP contribution in [-0.2, 0) is 0 Å². The van der Waals surface area contributed by atoms with Gasteiger partial charge in [-0.25, -0.2) is 0 Å². The molecule has 6 nitrogen and oxygen atoms in total. The second-order valence-electron chi connectivity index (χ2n) is 4.57. The van der Waals surface area contributed by atoms with Crippen LogP contribution in [0.3, 0.4) is 0 Å². The van der Waals surface area contributed by atoms with Gasteiger partial charge in [0.2, 0.25) is 0 Å². The average molecular weight is 251 g/mol. The predicted octanol–water partition coefficient (Wildman–Crippen LogP) is 0.955. The molecule has 1 aromatic carbocycles. The first-order chi connectivity index (χ1) is 8.27. The quantitative estimate of drug-likeness (QED) is 0.277. The summed E-state index contributed by atoms with van der Waals surface area (Å²) in [6.07, 6.45) is 0. The number of carbonyl (C=O) groups excluding carboxylic acids is 1. The summed E-state index contributed by atoms with van der Waals surface area (Å²) in [6, 6.07) is 4.51. The van der Waals surface area contributed by atoms with Crippen LogP contribution in [0.5, 0.6) is 5.75 Å². The fourth-order valence-corrected chi connectivity index (χ4v) is 1.34. The Balaban J connectivity index is 2.92. The molecule has 1 rings (SSSR count). The number of benzene rings is 1. The maximum atomic E-state index is 12.0. The van der Waals surface area contributed by atoms with Crippen LogP contribution in [0.15, 0.2) is 23.4 Å². The van der Waals surface area contributed by atoms with Crippen LogP contribution < -0.4 is 11.1 Å². The molecule has 0 aliphatic heterocycles. The zero-order valence-corrected chi connectivity index (χ0v) is 10.6. The maximum Gasteiger partial charge on any atom is 0.252 e. The normalized spacial score (nSPS) is 12.3. The molecule has 0 fully saturated rings. The second kappa shape index (κ2) is 4.95. The Kier molecular flexibility index (Phi) is 3.80. The highest BCUT2D eigenvalue weighted by molar-refractivity contribution is 6.00. The summed E-state index contributed by atoms with van der Waals surface area (Å²) in [5.74, 6) is -0.330. The largest absolute Gasteiger partial charge is 0.508 e. The monoisotopic (exact) mass is 251 g/mol. The zero-order valence-electron chi connectivity index (χ0n) is 10.6. The molecule has 6 heteroatoms. The van der Waals surface area contributed by atoms with E-state index in [2.05, 4.69) is 10.5 Å². The number of amidine groups is 1. The number of amides is 1. The van der Waals surface area contributed by atoms with Crippen molar-refractivity contribution in [3.05, 3.63) is 29.3 Å². The molecular weight excluding hydrogens is 234 g/mol. The molecule has 0 aliphatic carbocycles. The molecule has 98 valence electrons. The van der Waals surface area contributed by atoms with Crippen molar-refractivity contribution in [1.29, 1.82) is 0 Å². The fourth-order valence-electron chi connectivity index (χ4n) is 1.34. The number of phenols is 1. The molecule has 0 saturated carbocycles. The summed E-state index contributed by atoms with van der Waals surface area (Å²) in [5, 5.41) is 23.5. The van der Waals surface area contributed by atoms with Crippen molar-refractivity contribution in [1.82, 2.24) is 5.32 Å². The number of hydrogen-bond acceptors (Lipinski definition) is 4. The van der Waals surface area contributed by atoms with E-state index in [9.17, 15) is 9.90 Å². The molecule has 0 atom stereocenters. The molecule has 0 heterocycles. The number of hydrogen-bond donors (Lipinski definition) is 4. The third kappa shape index (κ3) is 2.91. The van der Waals surface area contributed by atoms with E-state index in [0.29, 0.717) is 11.1 Å². The highest BCUT2D eigenvalue weighted by atomic mass is 16.4. The van der Waals surface area contributed by atoms with E-state index in [1.807, 2.05) is 0 Å². The summed E-state index contributed by atoms with van der Waals surface area (Å²) in [5.41, 5.74) is 5.51. The third-order valence-electron chi connectivity index (χ3n) is 2.63. The number of nitrogens with two attached hydrogens (primary N) is 1. The number of rotatable bonds is 3. The van der Waals surface area contributed by atoms with Gasteiger partial charge in [0.1, 0.15) is 5.75 Å².